The lowest BCUT2D eigenvalue weighted by Gasteiger charge is -2.46. The van der Waals surface area contributed by atoms with Gasteiger partial charge in [-0.15, -0.1) is 0 Å². The van der Waals surface area contributed by atoms with Crippen molar-refractivity contribution >= 4 is 57.2 Å². The molecule has 12 N–H and O–H groups in total. The SMILES string of the molecule is CC(=O)N[C@H]1C(OP(=O)([O-])OP(=O)([O-])OC[C@H]2O[C@@H](n3ccc(=O)[nH]c3=O)[C@H](O)[C@@H]2O)O[C@H](CO)[C@@H](O)[C@@H]1O[C@H](C)C(=O)N[C@@H](C)C(=O)N[C@H](CCC(=O)N[C@@H](CCC[C@@H]([NH3+])C(=O)[O-])C(=O)[O-])C(=O)[O-]. The minimum Gasteiger partial charge on any atom is -0.756 e. The van der Waals surface area contributed by atoms with Crippen LogP contribution in [-0.2, 0) is 70.3 Å². The standard InChI is InChI=1S/C35H55N7O26P2/c1-13(28(50)40-18(33(56)57)7-8-21(45)39-17(32(54)55)6-4-5-16(36)31(52)53)37-29(51)14(2)64-27-23(38-15(3)44)34(66-19(11-43)25(27)48)67-70(61,62)68-69(59,60)63-12-20-24(47)26(49)30(65-20)42-10-9-22(46)41-35(42)58/h9-10,13-14,16-20,23-27,30,34,43,47-49H,4-8,11-12,36H2,1-3H3,(H,37,51)(H,38,44)(H,39,45)(H,40,50)(H,52,53)(H,54,55)(H,56,57)(H,59,60)(H,61,62)(H,41,46,58)/p-4/t13-,14+,16+,17-,18+,19+,20+,23+,24+,25+,26+,27+,30+,34?/m0/s1. The number of nitrogens with zero attached hydrogens (tertiary/aromatic N) is 1. The highest BCUT2D eigenvalue weighted by molar-refractivity contribution is 7.59. The molecule has 1 aromatic rings. The number of carboxylic acids is 3. The third-order valence-electron chi connectivity index (χ3n) is 10.3. The Morgan fingerprint density at radius 3 is 2.06 bits per heavy atom. The number of phosphoric acid groups is 2. The predicted molar refractivity (Wildman–Crippen MR) is 211 cm³/mol. The van der Waals surface area contributed by atoms with E-state index in [1.165, 1.54) is 0 Å². The van der Waals surface area contributed by atoms with Gasteiger partial charge in [-0.25, -0.2) is 9.11 Å². The second-order valence-electron chi connectivity index (χ2n) is 15.7. The monoisotopic (exact) mass is 1050 g/mol. The van der Waals surface area contributed by atoms with Gasteiger partial charge in [0.05, 0.1) is 43.2 Å². The van der Waals surface area contributed by atoms with Gasteiger partial charge in [-0.3, -0.25) is 47.2 Å². The number of hydrogen-bond acceptors (Lipinski definition) is 26. The van der Waals surface area contributed by atoms with E-state index in [0.717, 1.165) is 33.0 Å². The van der Waals surface area contributed by atoms with E-state index in [1.807, 2.05) is 10.3 Å². The fraction of sp³-hybridized carbons (Fsp3) is 0.686. The third kappa shape index (κ3) is 17.3. The molecule has 16 atom stereocenters. The summed E-state index contributed by atoms with van der Waals surface area (Å²) in [6.45, 7) is 0.553. The van der Waals surface area contributed by atoms with Crippen LogP contribution in [0.5, 0.6) is 0 Å². The molecule has 0 aromatic carbocycles. The lowest BCUT2D eigenvalue weighted by molar-refractivity contribution is -0.438. The van der Waals surface area contributed by atoms with Gasteiger partial charge in [-0.2, -0.15) is 0 Å². The summed E-state index contributed by atoms with van der Waals surface area (Å²) in [6, 6.07) is -7.40. The number of amides is 4. The molecular weight excluding hydrogens is 996 g/mol. The number of carbonyl (C=O) groups excluding carboxylic acids is 7. The Bertz CT molecular complexity index is 2270. The molecule has 2 aliphatic heterocycles. The van der Waals surface area contributed by atoms with Crippen molar-refractivity contribution in [2.24, 2.45) is 0 Å². The number of nitrogens with one attached hydrogen (secondary N) is 5. The zero-order valence-electron chi connectivity index (χ0n) is 37.0. The summed E-state index contributed by atoms with van der Waals surface area (Å²) in [6.07, 6.45) is -18.3. The third-order valence-corrected chi connectivity index (χ3v) is 12.8. The second-order valence-corrected chi connectivity index (χ2v) is 18.6. The highest BCUT2D eigenvalue weighted by Gasteiger charge is 2.50. The summed E-state index contributed by atoms with van der Waals surface area (Å²) in [5, 5.41) is 84.1. The smallest absolute Gasteiger partial charge is 0.330 e. The average Bonchev–Trinajstić information content (AvgIpc) is 3.53. The molecule has 0 saturated carbocycles. The van der Waals surface area contributed by atoms with Crippen molar-refractivity contribution in [3.05, 3.63) is 33.1 Å². The van der Waals surface area contributed by atoms with Gasteiger partial charge in [0.15, 0.2) is 12.5 Å². The topological polar surface area (TPSA) is 536 Å². The number of aliphatic carboxylic acids is 3. The van der Waals surface area contributed by atoms with Crippen molar-refractivity contribution in [1.82, 2.24) is 30.8 Å². The van der Waals surface area contributed by atoms with Crippen LogP contribution in [0.15, 0.2) is 21.9 Å². The van der Waals surface area contributed by atoms with Gasteiger partial charge in [0, 0.05) is 32.0 Å². The number of phosphoric ester groups is 2. The number of aromatic amines is 1. The number of ether oxygens (including phenoxy) is 3. The van der Waals surface area contributed by atoms with Crippen LogP contribution in [0.3, 0.4) is 0 Å². The molecule has 3 rings (SSSR count). The minimum atomic E-state index is -6.26. The number of quaternary nitrogens is 1. The van der Waals surface area contributed by atoms with Crippen LogP contribution < -0.4 is 63.4 Å². The Kier molecular flexibility index (Phi) is 21.9. The first-order valence-corrected chi connectivity index (χ1v) is 23.6. The number of carboxylic acid groups (broad SMARTS) is 3. The molecule has 0 spiro atoms. The summed E-state index contributed by atoms with van der Waals surface area (Å²) in [5.74, 6) is -9.48. The molecule has 1 aromatic heterocycles. The van der Waals surface area contributed by atoms with E-state index < -0.39 is 180 Å². The van der Waals surface area contributed by atoms with E-state index in [1.54, 1.807) is 0 Å². The molecule has 33 nitrogen and oxygen atoms in total. The van der Waals surface area contributed by atoms with Crippen LogP contribution in [-0.4, -0.2) is 164 Å². The molecule has 70 heavy (non-hydrogen) atoms. The zero-order chi connectivity index (χ0) is 53.0. The van der Waals surface area contributed by atoms with Crippen LogP contribution in [0.4, 0.5) is 0 Å². The Hall–Kier alpha value is -5.09. The molecular formula is C35H51N7O26P2-4. The molecule has 0 radical (unpaired) electrons. The van der Waals surface area contributed by atoms with Crippen LogP contribution in [0, 0.1) is 0 Å². The number of rotatable bonds is 27. The lowest BCUT2D eigenvalue weighted by Crippen LogP contribution is -2.68. The number of aliphatic hydroxyl groups is 4. The molecule has 3 unspecified atom stereocenters. The Balaban J connectivity index is 1.64. The Labute approximate surface area is 393 Å². The van der Waals surface area contributed by atoms with Crippen molar-refractivity contribution in [2.75, 3.05) is 13.2 Å². The van der Waals surface area contributed by atoms with Crippen molar-refractivity contribution in [2.45, 2.75) is 138 Å². The van der Waals surface area contributed by atoms with Crippen LogP contribution in [0.2, 0.25) is 0 Å². The predicted octanol–water partition coefficient (Wildman–Crippen LogP) is -12.2. The molecule has 35 heteroatoms. The van der Waals surface area contributed by atoms with E-state index in [9.17, 15) is 97.8 Å². The van der Waals surface area contributed by atoms with Gasteiger partial charge in [-0.1, -0.05) is 0 Å². The lowest BCUT2D eigenvalue weighted by atomic mass is 9.96. The summed E-state index contributed by atoms with van der Waals surface area (Å²) < 4.78 is 55.7. The number of carbonyl (C=O) groups is 7. The molecule has 396 valence electrons. The summed E-state index contributed by atoms with van der Waals surface area (Å²) >= 11 is 0. The molecule has 0 aliphatic carbocycles. The number of hydrogen-bond donors (Lipinski definition) is 10. The fourth-order valence-corrected chi connectivity index (χ4v) is 8.69. The first kappa shape index (κ1) is 59.2. The van der Waals surface area contributed by atoms with Gasteiger partial charge < -0.3 is 106 Å². The van der Waals surface area contributed by atoms with Gasteiger partial charge in [0.2, 0.25) is 23.6 Å². The average molecular weight is 1050 g/mol. The summed E-state index contributed by atoms with van der Waals surface area (Å²) in [5.41, 5.74) is 1.40. The van der Waals surface area contributed by atoms with E-state index >= 15 is 0 Å². The van der Waals surface area contributed by atoms with Gasteiger partial charge in [-0.05, 0) is 33.1 Å². The quantitative estimate of drug-likeness (QED) is 0.0366. The first-order chi connectivity index (χ1) is 32.5. The molecule has 2 fully saturated rings. The van der Waals surface area contributed by atoms with Crippen molar-refractivity contribution in [3.63, 3.8) is 0 Å². The van der Waals surface area contributed by atoms with Crippen molar-refractivity contribution in [1.29, 1.82) is 0 Å². The van der Waals surface area contributed by atoms with E-state index in [-0.39, 0.29) is 19.3 Å². The van der Waals surface area contributed by atoms with Gasteiger partial charge >= 0.3 is 5.69 Å². The minimum absolute atomic E-state index is 0.0282. The number of H-pyrrole nitrogens is 1. The molecule has 4 amide bonds. The van der Waals surface area contributed by atoms with Crippen LogP contribution >= 0.6 is 15.6 Å². The molecule has 2 aliphatic rings. The Morgan fingerprint density at radius 1 is 0.857 bits per heavy atom. The molecule has 2 saturated heterocycles. The van der Waals surface area contributed by atoms with Gasteiger partial charge in [0.1, 0.15) is 60.9 Å². The fourth-order valence-electron chi connectivity index (χ4n) is 6.61. The number of aromatic nitrogens is 2. The highest BCUT2D eigenvalue weighted by atomic mass is 31.3. The highest BCUT2D eigenvalue weighted by Crippen LogP contribution is 2.57. The van der Waals surface area contributed by atoms with E-state index in [0.29, 0.717) is 4.57 Å². The maximum Gasteiger partial charge on any atom is 0.330 e. The van der Waals surface area contributed by atoms with Crippen LogP contribution in [0.25, 0.3) is 0 Å². The van der Waals surface area contributed by atoms with Gasteiger partial charge in [0.25, 0.3) is 21.2 Å². The number of aliphatic hydroxyl groups excluding tert-OH is 4. The van der Waals surface area contributed by atoms with Crippen LogP contribution in [0.1, 0.15) is 59.1 Å². The maximum atomic E-state index is 13.2. The second kappa shape index (κ2) is 25.9. The first-order valence-electron chi connectivity index (χ1n) is 20.7. The largest absolute Gasteiger partial charge is 0.756 e. The normalized spacial score (nSPS) is 27.3. The van der Waals surface area contributed by atoms with Crippen molar-refractivity contribution in [3.8, 4) is 0 Å². The van der Waals surface area contributed by atoms with E-state index in [2.05, 4.69) is 30.5 Å². The zero-order valence-corrected chi connectivity index (χ0v) is 38.8. The maximum absolute atomic E-state index is 13.2. The molecule has 0 bridgehead atoms. The summed E-state index contributed by atoms with van der Waals surface area (Å²) in [4.78, 5) is 136. The molecule has 3 heterocycles. The Morgan fingerprint density at radius 2 is 1.49 bits per heavy atom. The van der Waals surface area contributed by atoms with E-state index in [4.69, 9.17) is 18.7 Å². The van der Waals surface area contributed by atoms with Crippen molar-refractivity contribution < 1.29 is 122 Å². The summed E-state index contributed by atoms with van der Waals surface area (Å²) in [7, 11) is -12.3.